The molecule has 0 atom stereocenters. The van der Waals surface area contributed by atoms with Gasteiger partial charge in [0.05, 0.1) is 19.8 Å². The van der Waals surface area contributed by atoms with Gasteiger partial charge in [0, 0.05) is 32.1 Å². The van der Waals surface area contributed by atoms with Gasteiger partial charge in [-0.2, -0.15) is 0 Å². The second-order valence-corrected chi connectivity index (χ2v) is 7.54. The Bertz CT molecular complexity index is 857. The van der Waals surface area contributed by atoms with Crippen molar-refractivity contribution in [2.75, 3.05) is 14.2 Å². The Labute approximate surface area is 171 Å². The smallest absolute Gasteiger partial charge is 0.191 e. The van der Waals surface area contributed by atoms with E-state index in [1.54, 1.807) is 14.2 Å². The minimum atomic E-state index is 0.275. The average molecular weight is 399 g/mol. The van der Waals surface area contributed by atoms with Crippen LogP contribution in [0.15, 0.2) is 23.2 Å². The van der Waals surface area contributed by atoms with Crippen molar-refractivity contribution >= 4 is 5.96 Å². The van der Waals surface area contributed by atoms with Crippen LogP contribution in [0.4, 0.5) is 0 Å². The lowest BCUT2D eigenvalue weighted by molar-refractivity contribution is 0.198. The van der Waals surface area contributed by atoms with Crippen LogP contribution in [0.2, 0.25) is 0 Å². The third-order valence-corrected chi connectivity index (χ3v) is 5.64. The molecule has 0 bridgehead atoms. The standard InChI is InChI=1S/C21H30N6O2/c1-22-21(24-14-19-26-25-18-11-6-12-27(18)19)23-13-15-7-5-10-17(28-2)20(15)29-16-8-3-4-9-16/h5,7,10,16H,3-4,6,8-9,11-14H2,1-2H3,(H2,22,23,24). The van der Waals surface area contributed by atoms with Gasteiger partial charge in [-0.1, -0.05) is 12.1 Å². The van der Waals surface area contributed by atoms with E-state index in [2.05, 4.69) is 36.5 Å². The van der Waals surface area contributed by atoms with Gasteiger partial charge in [-0.15, -0.1) is 10.2 Å². The number of para-hydroxylation sites is 1. The van der Waals surface area contributed by atoms with Crippen molar-refractivity contribution in [1.82, 2.24) is 25.4 Å². The molecule has 1 fully saturated rings. The summed E-state index contributed by atoms with van der Waals surface area (Å²) in [5, 5.41) is 15.3. The molecule has 1 aliphatic carbocycles. The predicted octanol–water partition coefficient (Wildman–Crippen LogP) is 2.42. The number of ether oxygens (including phenoxy) is 2. The molecular weight excluding hydrogens is 368 g/mol. The lowest BCUT2D eigenvalue weighted by Gasteiger charge is -2.20. The van der Waals surface area contributed by atoms with Crippen LogP contribution in [-0.4, -0.2) is 41.0 Å². The lowest BCUT2D eigenvalue weighted by atomic mass is 10.1. The van der Waals surface area contributed by atoms with Crippen LogP contribution >= 0.6 is 0 Å². The number of aromatic nitrogens is 3. The first kappa shape index (κ1) is 19.5. The zero-order chi connectivity index (χ0) is 20.1. The molecule has 1 aromatic heterocycles. The Morgan fingerprint density at radius 3 is 2.79 bits per heavy atom. The summed E-state index contributed by atoms with van der Waals surface area (Å²) in [5.41, 5.74) is 1.06. The highest BCUT2D eigenvalue weighted by atomic mass is 16.5. The number of nitrogens with one attached hydrogen (secondary N) is 2. The number of aliphatic imine (C=N–C) groups is 1. The Kier molecular flexibility index (Phi) is 6.17. The summed E-state index contributed by atoms with van der Waals surface area (Å²) in [6, 6.07) is 6.01. The molecule has 156 valence electrons. The summed E-state index contributed by atoms with van der Waals surface area (Å²) in [5.74, 6) is 4.36. The number of rotatable bonds is 7. The van der Waals surface area contributed by atoms with Crippen LogP contribution in [0, 0.1) is 0 Å². The summed E-state index contributed by atoms with van der Waals surface area (Å²) in [6.45, 7) is 2.18. The number of benzene rings is 1. The van der Waals surface area contributed by atoms with Crippen molar-refractivity contribution in [1.29, 1.82) is 0 Å². The Hall–Kier alpha value is -2.77. The van der Waals surface area contributed by atoms with E-state index >= 15 is 0 Å². The Morgan fingerprint density at radius 2 is 2.00 bits per heavy atom. The molecule has 8 nitrogen and oxygen atoms in total. The van der Waals surface area contributed by atoms with E-state index in [1.807, 2.05) is 12.1 Å². The lowest BCUT2D eigenvalue weighted by Crippen LogP contribution is -2.37. The number of methoxy groups -OCH3 is 1. The molecule has 2 aromatic rings. The molecule has 1 aromatic carbocycles. The van der Waals surface area contributed by atoms with Gasteiger partial charge >= 0.3 is 0 Å². The third kappa shape index (κ3) is 4.46. The first-order valence-corrected chi connectivity index (χ1v) is 10.5. The van der Waals surface area contributed by atoms with E-state index in [-0.39, 0.29) is 6.10 Å². The molecule has 29 heavy (non-hydrogen) atoms. The van der Waals surface area contributed by atoms with E-state index in [0.29, 0.717) is 13.1 Å². The molecule has 0 radical (unpaired) electrons. The highest BCUT2D eigenvalue weighted by molar-refractivity contribution is 5.79. The predicted molar refractivity (Wildman–Crippen MR) is 111 cm³/mol. The van der Waals surface area contributed by atoms with Gasteiger partial charge in [-0.05, 0) is 38.2 Å². The van der Waals surface area contributed by atoms with E-state index in [0.717, 1.165) is 66.9 Å². The number of aryl methyl sites for hydroxylation is 1. The molecule has 1 aliphatic heterocycles. The second-order valence-electron chi connectivity index (χ2n) is 7.54. The molecule has 0 unspecified atom stereocenters. The van der Waals surface area contributed by atoms with E-state index in [4.69, 9.17) is 9.47 Å². The van der Waals surface area contributed by atoms with Gasteiger partial charge < -0.3 is 24.7 Å². The maximum Gasteiger partial charge on any atom is 0.191 e. The monoisotopic (exact) mass is 398 g/mol. The minimum absolute atomic E-state index is 0.275. The molecule has 0 saturated heterocycles. The van der Waals surface area contributed by atoms with Gasteiger partial charge in [-0.3, -0.25) is 4.99 Å². The van der Waals surface area contributed by atoms with Gasteiger partial charge in [0.25, 0.3) is 0 Å². The van der Waals surface area contributed by atoms with Gasteiger partial charge in [0.2, 0.25) is 0 Å². The number of guanidine groups is 1. The summed E-state index contributed by atoms with van der Waals surface area (Å²) >= 11 is 0. The molecule has 4 rings (SSSR count). The van der Waals surface area contributed by atoms with Crippen molar-refractivity contribution in [3.63, 3.8) is 0 Å². The number of hydrogen-bond acceptors (Lipinski definition) is 5. The second kappa shape index (κ2) is 9.15. The summed E-state index contributed by atoms with van der Waals surface area (Å²) < 4.78 is 14.1. The minimum Gasteiger partial charge on any atom is -0.493 e. The largest absolute Gasteiger partial charge is 0.493 e. The van der Waals surface area contributed by atoms with Crippen LogP contribution in [0.3, 0.4) is 0 Å². The average Bonchev–Trinajstić information content (AvgIpc) is 3.48. The topological polar surface area (TPSA) is 85.6 Å². The number of hydrogen-bond donors (Lipinski definition) is 2. The summed E-state index contributed by atoms with van der Waals surface area (Å²) in [6.07, 6.45) is 7.11. The van der Waals surface area contributed by atoms with Crippen molar-refractivity contribution in [3.05, 3.63) is 35.4 Å². The van der Waals surface area contributed by atoms with E-state index in [1.165, 1.54) is 12.8 Å². The molecule has 1 saturated carbocycles. The Morgan fingerprint density at radius 1 is 1.17 bits per heavy atom. The zero-order valence-electron chi connectivity index (χ0n) is 17.3. The van der Waals surface area contributed by atoms with Gasteiger partial charge in [0.15, 0.2) is 23.3 Å². The molecule has 0 amide bonds. The zero-order valence-corrected chi connectivity index (χ0v) is 17.3. The van der Waals surface area contributed by atoms with Crippen LogP contribution in [-0.2, 0) is 26.1 Å². The normalized spacial score (nSPS) is 16.7. The number of fused-ring (bicyclic) bond motifs is 1. The quantitative estimate of drug-likeness (QED) is 0.550. The summed E-state index contributed by atoms with van der Waals surface area (Å²) in [4.78, 5) is 4.34. The van der Waals surface area contributed by atoms with Gasteiger partial charge in [-0.25, -0.2) is 0 Å². The maximum atomic E-state index is 6.32. The fraction of sp³-hybridized carbons (Fsp3) is 0.571. The van der Waals surface area contributed by atoms with Crippen molar-refractivity contribution in [3.8, 4) is 11.5 Å². The molecule has 0 spiro atoms. The van der Waals surface area contributed by atoms with Gasteiger partial charge in [0.1, 0.15) is 5.82 Å². The molecule has 2 heterocycles. The van der Waals surface area contributed by atoms with Crippen molar-refractivity contribution in [2.45, 2.75) is 64.3 Å². The first-order valence-electron chi connectivity index (χ1n) is 10.5. The summed E-state index contributed by atoms with van der Waals surface area (Å²) in [7, 11) is 3.45. The molecular formula is C21H30N6O2. The molecule has 2 N–H and O–H groups in total. The highest BCUT2D eigenvalue weighted by Crippen LogP contribution is 2.34. The molecule has 2 aliphatic rings. The van der Waals surface area contributed by atoms with E-state index < -0.39 is 0 Å². The maximum absolute atomic E-state index is 6.32. The first-order chi connectivity index (χ1) is 14.3. The van der Waals surface area contributed by atoms with Crippen molar-refractivity contribution < 1.29 is 9.47 Å². The number of nitrogens with zero attached hydrogens (tertiary/aromatic N) is 4. The highest BCUT2D eigenvalue weighted by Gasteiger charge is 2.21. The Balaban J connectivity index is 1.39. The fourth-order valence-corrected chi connectivity index (χ4v) is 4.07. The van der Waals surface area contributed by atoms with Crippen LogP contribution < -0.4 is 20.1 Å². The van der Waals surface area contributed by atoms with Crippen LogP contribution in [0.1, 0.15) is 49.3 Å². The van der Waals surface area contributed by atoms with E-state index in [9.17, 15) is 0 Å². The van der Waals surface area contributed by atoms with Crippen LogP contribution in [0.5, 0.6) is 11.5 Å². The van der Waals surface area contributed by atoms with Crippen molar-refractivity contribution in [2.24, 2.45) is 4.99 Å². The van der Waals surface area contributed by atoms with Crippen LogP contribution in [0.25, 0.3) is 0 Å². The fourth-order valence-electron chi connectivity index (χ4n) is 4.07. The third-order valence-electron chi connectivity index (χ3n) is 5.64. The SMILES string of the molecule is CN=C(NCc1cccc(OC)c1OC1CCCC1)NCc1nnc2n1CCC2. The molecule has 8 heteroatoms.